The summed E-state index contributed by atoms with van der Waals surface area (Å²) in [6, 6.07) is 0. The molecular weight excluding hydrogens is 328 g/mol. The minimum Gasteiger partial charge on any atom is -0.337 e. The first-order valence-corrected chi connectivity index (χ1v) is 7.91. The number of rotatable bonds is 9. The molecule has 0 aliphatic heterocycles. The standard InChI is InChI=1S/C16H28N4O5/c1-12(2)16(25)20(6)11-15(24)19(5)10-14(23)18(4)9-13(22)17(3)7-8-21/h8,12H,7,9-11H2,1-6H3. The highest BCUT2D eigenvalue weighted by Gasteiger charge is 2.22. The SMILES string of the molecule is CC(C)C(=O)N(C)CC(=O)N(C)CC(=O)N(C)CC(=O)N(C)CC=O. The van der Waals surface area contributed by atoms with Crippen LogP contribution in [0.1, 0.15) is 13.8 Å². The summed E-state index contributed by atoms with van der Waals surface area (Å²) >= 11 is 0. The Balaban J connectivity index is 4.53. The number of hydrogen-bond acceptors (Lipinski definition) is 5. The summed E-state index contributed by atoms with van der Waals surface area (Å²) < 4.78 is 0. The van der Waals surface area contributed by atoms with Gasteiger partial charge in [-0.05, 0) is 0 Å². The Bertz CT molecular complexity index is 521. The van der Waals surface area contributed by atoms with Gasteiger partial charge in [0, 0.05) is 34.1 Å². The first kappa shape index (κ1) is 22.6. The molecule has 0 aliphatic rings. The lowest BCUT2D eigenvalue weighted by molar-refractivity contribution is -0.144. The van der Waals surface area contributed by atoms with E-state index in [2.05, 4.69) is 0 Å². The summed E-state index contributed by atoms with van der Waals surface area (Å²) in [7, 11) is 5.90. The van der Waals surface area contributed by atoms with Crippen LogP contribution in [0.25, 0.3) is 0 Å². The highest BCUT2D eigenvalue weighted by molar-refractivity contribution is 5.90. The molecule has 0 aliphatic carbocycles. The molecule has 0 bridgehead atoms. The lowest BCUT2D eigenvalue weighted by Crippen LogP contribution is -2.46. The van der Waals surface area contributed by atoms with E-state index in [1.54, 1.807) is 13.8 Å². The summed E-state index contributed by atoms with van der Waals surface area (Å²) in [5.41, 5.74) is 0. The first-order valence-electron chi connectivity index (χ1n) is 7.91. The van der Waals surface area contributed by atoms with Crippen molar-refractivity contribution >= 4 is 29.9 Å². The van der Waals surface area contributed by atoms with E-state index in [4.69, 9.17) is 0 Å². The smallest absolute Gasteiger partial charge is 0.242 e. The van der Waals surface area contributed by atoms with Crippen molar-refractivity contribution in [1.29, 1.82) is 0 Å². The molecule has 0 heterocycles. The van der Waals surface area contributed by atoms with Gasteiger partial charge in [0.05, 0.1) is 26.2 Å². The van der Waals surface area contributed by atoms with Crippen LogP contribution in [0.4, 0.5) is 0 Å². The van der Waals surface area contributed by atoms with Crippen LogP contribution >= 0.6 is 0 Å². The zero-order chi connectivity index (χ0) is 19.7. The summed E-state index contributed by atoms with van der Waals surface area (Å²) in [5, 5.41) is 0. The predicted octanol–water partition coefficient (Wildman–Crippen LogP) is -1.33. The Morgan fingerprint density at radius 2 is 1.08 bits per heavy atom. The summed E-state index contributed by atoms with van der Waals surface area (Å²) in [6.07, 6.45) is 0.598. The Morgan fingerprint density at radius 3 is 1.44 bits per heavy atom. The maximum atomic E-state index is 12.1. The fourth-order valence-electron chi connectivity index (χ4n) is 1.88. The van der Waals surface area contributed by atoms with Gasteiger partial charge in [0.25, 0.3) is 0 Å². The topological polar surface area (TPSA) is 98.3 Å². The van der Waals surface area contributed by atoms with Gasteiger partial charge < -0.3 is 24.4 Å². The molecular formula is C16H28N4O5. The number of aldehydes is 1. The number of carbonyl (C=O) groups excluding carboxylic acids is 5. The molecule has 4 amide bonds. The predicted molar refractivity (Wildman–Crippen MR) is 91.5 cm³/mol. The van der Waals surface area contributed by atoms with Crippen LogP contribution in [0.3, 0.4) is 0 Å². The van der Waals surface area contributed by atoms with Crippen molar-refractivity contribution in [2.45, 2.75) is 13.8 Å². The third-order valence-electron chi connectivity index (χ3n) is 3.61. The van der Waals surface area contributed by atoms with E-state index < -0.39 is 5.91 Å². The number of nitrogens with zero attached hydrogens (tertiary/aromatic N) is 4. The van der Waals surface area contributed by atoms with Crippen LogP contribution in [-0.4, -0.2) is 104 Å². The Kier molecular flexibility index (Phi) is 9.40. The van der Waals surface area contributed by atoms with Crippen molar-refractivity contribution in [2.75, 3.05) is 54.4 Å². The van der Waals surface area contributed by atoms with Gasteiger partial charge in [-0.2, -0.15) is 0 Å². The molecule has 142 valence electrons. The van der Waals surface area contributed by atoms with Crippen molar-refractivity contribution < 1.29 is 24.0 Å². The third kappa shape index (κ3) is 7.77. The fraction of sp³-hybridized carbons (Fsp3) is 0.688. The minimum absolute atomic E-state index is 0.0462. The average Bonchev–Trinajstić information content (AvgIpc) is 2.53. The molecule has 0 rings (SSSR count). The molecule has 0 aromatic carbocycles. The van der Waals surface area contributed by atoms with Crippen LogP contribution in [0.15, 0.2) is 0 Å². The molecule has 9 nitrogen and oxygen atoms in total. The Labute approximate surface area is 148 Å². The third-order valence-corrected chi connectivity index (χ3v) is 3.61. The molecule has 0 N–H and O–H groups in total. The molecule has 0 aromatic heterocycles. The van der Waals surface area contributed by atoms with E-state index in [0.717, 1.165) is 0 Å². The Hall–Kier alpha value is -2.45. The van der Waals surface area contributed by atoms with Gasteiger partial charge in [-0.15, -0.1) is 0 Å². The molecule has 0 saturated carbocycles. The van der Waals surface area contributed by atoms with E-state index in [0.29, 0.717) is 6.29 Å². The second-order valence-electron chi connectivity index (χ2n) is 6.29. The van der Waals surface area contributed by atoms with Gasteiger partial charge in [0.2, 0.25) is 23.6 Å². The lowest BCUT2D eigenvalue weighted by atomic mass is 10.2. The van der Waals surface area contributed by atoms with Crippen molar-refractivity contribution in [3.63, 3.8) is 0 Å². The monoisotopic (exact) mass is 356 g/mol. The molecule has 0 unspecified atom stereocenters. The van der Waals surface area contributed by atoms with Gasteiger partial charge in [-0.25, -0.2) is 0 Å². The zero-order valence-corrected chi connectivity index (χ0v) is 15.8. The first-order chi connectivity index (χ1) is 11.5. The molecule has 25 heavy (non-hydrogen) atoms. The highest BCUT2D eigenvalue weighted by Crippen LogP contribution is 2.00. The molecule has 0 aromatic rings. The van der Waals surface area contributed by atoms with Crippen molar-refractivity contribution in [3.8, 4) is 0 Å². The molecule has 0 saturated heterocycles. The summed E-state index contributed by atoms with van der Waals surface area (Å²) in [6.45, 7) is 2.93. The average molecular weight is 356 g/mol. The number of carbonyl (C=O) groups is 5. The highest BCUT2D eigenvalue weighted by atomic mass is 16.2. The molecule has 0 atom stereocenters. The maximum absolute atomic E-state index is 12.1. The van der Waals surface area contributed by atoms with Crippen LogP contribution in [0, 0.1) is 5.92 Å². The second kappa shape index (κ2) is 10.4. The maximum Gasteiger partial charge on any atom is 0.242 e. The van der Waals surface area contributed by atoms with Crippen LogP contribution in [0.2, 0.25) is 0 Å². The number of hydrogen-bond donors (Lipinski definition) is 0. The van der Waals surface area contributed by atoms with E-state index in [1.165, 1.54) is 47.8 Å². The fourth-order valence-corrected chi connectivity index (χ4v) is 1.88. The van der Waals surface area contributed by atoms with E-state index in [1.807, 2.05) is 0 Å². The normalized spacial score (nSPS) is 10.2. The molecule has 0 fully saturated rings. The van der Waals surface area contributed by atoms with Crippen LogP contribution in [0.5, 0.6) is 0 Å². The summed E-state index contributed by atoms with van der Waals surface area (Å²) in [5.74, 6) is -1.54. The molecule has 9 heteroatoms. The van der Waals surface area contributed by atoms with Crippen LogP contribution < -0.4 is 0 Å². The second-order valence-corrected chi connectivity index (χ2v) is 6.29. The van der Waals surface area contributed by atoms with Gasteiger partial charge in [0.15, 0.2) is 0 Å². The lowest BCUT2D eigenvalue weighted by Gasteiger charge is -2.25. The Morgan fingerprint density at radius 1 is 0.720 bits per heavy atom. The number of likely N-dealkylation sites (N-methyl/N-ethyl adjacent to an activating group) is 4. The van der Waals surface area contributed by atoms with Crippen molar-refractivity contribution in [1.82, 2.24) is 19.6 Å². The van der Waals surface area contributed by atoms with E-state index in [9.17, 15) is 24.0 Å². The molecule has 0 radical (unpaired) electrons. The minimum atomic E-state index is -0.415. The van der Waals surface area contributed by atoms with Crippen molar-refractivity contribution in [3.05, 3.63) is 0 Å². The quantitative estimate of drug-likeness (QED) is 0.477. The number of amides is 4. The zero-order valence-electron chi connectivity index (χ0n) is 15.8. The molecule has 0 spiro atoms. The van der Waals surface area contributed by atoms with Crippen LogP contribution in [-0.2, 0) is 24.0 Å². The van der Waals surface area contributed by atoms with Gasteiger partial charge >= 0.3 is 0 Å². The van der Waals surface area contributed by atoms with Gasteiger partial charge in [-0.3, -0.25) is 19.2 Å². The van der Waals surface area contributed by atoms with Crippen molar-refractivity contribution in [2.24, 2.45) is 5.92 Å². The van der Waals surface area contributed by atoms with E-state index >= 15 is 0 Å². The van der Waals surface area contributed by atoms with Gasteiger partial charge in [0.1, 0.15) is 6.29 Å². The van der Waals surface area contributed by atoms with Gasteiger partial charge in [-0.1, -0.05) is 13.8 Å². The largest absolute Gasteiger partial charge is 0.337 e. The summed E-state index contributed by atoms with van der Waals surface area (Å²) in [4.78, 5) is 63.1. The van der Waals surface area contributed by atoms with E-state index in [-0.39, 0.29) is 49.8 Å².